The first-order valence-corrected chi connectivity index (χ1v) is 4.76. The van der Waals surface area contributed by atoms with Crippen LogP contribution in [0.25, 0.3) is 0 Å². The van der Waals surface area contributed by atoms with Gasteiger partial charge in [-0.05, 0) is 25.7 Å². The predicted molar refractivity (Wildman–Crippen MR) is 46.6 cm³/mol. The Kier molecular flexibility index (Phi) is 3.97. The van der Waals surface area contributed by atoms with Crippen LogP contribution in [0, 0.1) is 18.3 Å². The zero-order chi connectivity index (χ0) is 11.5. The Balaban J connectivity index is 2.33. The van der Waals surface area contributed by atoms with Crippen LogP contribution < -0.4 is 0 Å². The predicted octanol–water partition coefficient (Wildman–Crippen LogP) is 3.05. The quantitative estimate of drug-likeness (QED) is 0.517. The van der Waals surface area contributed by atoms with E-state index in [2.05, 4.69) is 10.7 Å². The first-order chi connectivity index (χ1) is 6.93. The molecule has 1 aliphatic carbocycles. The van der Waals surface area contributed by atoms with Crippen molar-refractivity contribution in [1.82, 2.24) is 0 Å². The monoisotopic (exact) mass is 224 g/mol. The lowest BCUT2D eigenvalue weighted by atomic mass is 9.88. The summed E-state index contributed by atoms with van der Waals surface area (Å²) >= 11 is 0. The Morgan fingerprint density at radius 3 is 2.13 bits per heavy atom. The van der Waals surface area contributed by atoms with Crippen molar-refractivity contribution < 1.29 is 22.3 Å². The summed E-state index contributed by atoms with van der Waals surface area (Å²) in [7, 11) is 0. The van der Waals surface area contributed by atoms with E-state index in [-0.39, 0.29) is 5.92 Å². The third-order valence-corrected chi connectivity index (χ3v) is 2.48. The molecule has 1 unspecified atom stereocenters. The number of ether oxygens (including phenoxy) is 1. The van der Waals surface area contributed by atoms with Gasteiger partial charge in [-0.1, -0.05) is 0 Å². The molecule has 1 aliphatic rings. The van der Waals surface area contributed by atoms with Gasteiger partial charge in [-0.25, -0.2) is 4.39 Å². The highest BCUT2D eigenvalue weighted by Crippen LogP contribution is 2.30. The molecule has 0 N–H and O–H groups in total. The average Bonchev–Trinajstić information content (AvgIpc) is 2.17. The van der Waals surface area contributed by atoms with Gasteiger partial charge < -0.3 is 4.74 Å². The summed E-state index contributed by atoms with van der Waals surface area (Å²) in [6.45, 7) is 0. The van der Waals surface area contributed by atoms with Crippen molar-refractivity contribution in [2.75, 3.05) is 0 Å². The molecule has 86 valence electrons. The van der Waals surface area contributed by atoms with E-state index in [9.17, 15) is 17.6 Å². The van der Waals surface area contributed by atoms with E-state index in [4.69, 9.17) is 6.42 Å². The molecule has 0 aliphatic heterocycles. The number of terminal acetylenes is 1. The van der Waals surface area contributed by atoms with Crippen LogP contribution in [0.4, 0.5) is 17.6 Å². The molecule has 1 nitrogen and oxygen atoms in total. The number of hydrogen-bond acceptors (Lipinski definition) is 1. The molecule has 1 atom stereocenters. The molecule has 15 heavy (non-hydrogen) atoms. The van der Waals surface area contributed by atoms with Crippen molar-refractivity contribution in [2.45, 2.75) is 44.3 Å². The van der Waals surface area contributed by atoms with Crippen LogP contribution in [-0.2, 0) is 4.74 Å². The van der Waals surface area contributed by atoms with Gasteiger partial charge in [0.25, 0.3) is 6.36 Å². The second-order valence-corrected chi connectivity index (χ2v) is 3.63. The number of halogens is 4. The average molecular weight is 224 g/mol. The highest BCUT2D eigenvalue weighted by molar-refractivity contribution is 4.95. The summed E-state index contributed by atoms with van der Waals surface area (Å²) in [6, 6.07) is 0. The van der Waals surface area contributed by atoms with Crippen molar-refractivity contribution in [3.05, 3.63) is 0 Å². The molecule has 0 aromatic rings. The first-order valence-electron chi connectivity index (χ1n) is 4.76. The number of hydrogen-bond donors (Lipinski definition) is 0. The van der Waals surface area contributed by atoms with E-state index < -0.39 is 18.6 Å². The van der Waals surface area contributed by atoms with Crippen molar-refractivity contribution in [3.63, 3.8) is 0 Å². The largest absolute Gasteiger partial charge is 0.445 e. The van der Waals surface area contributed by atoms with E-state index in [1.807, 2.05) is 0 Å². The van der Waals surface area contributed by atoms with Gasteiger partial charge >= 0.3 is 6.18 Å². The first kappa shape index (κ1) is 12.3. The SMILES string of the molecule is C#CC1CCC(OC(F)C(F)(F)F)CC1. The molecular weight excluding hydrogens is 212 g/mol. The molecule has 0 aromatic heterocycles. The molecule has 1 rings (SSSR count). The van der Waals surface area contributed by atoms with Crippen LogP contribution in [0.5, 0.6) is 0 Å². The zero-order valence-electron chi connectivity index (χ0n) is 8.06. The molecule has 0 spiro atoms. The topological polar surface area (TPSA) is 9.23 Å². The van der Waals surface area contributed by atoms with E-state index in [1.165, 1.54) is 0 Å². The minimum Gasteiger partial charge on any atom is -0.338 e. The number of alkyl halides is 4. The Morgan fingerprint density at radius 1 is 1.20 bits per heavy atom. The minimum absolute atomic E-state index is 0.0915. The fourth-order valence-electron chi connectivity index (χ4n) is 1.61. The van der Waals surface area contributed by atoms with E-state index in [0.717, 1.165) is 0 Å². The third kappa shape index (κ3) is 3.71. The summed E-state index contributed by atoms with van der Waals surface area (Å²) in [6.07, 6.45) is -1.60. The Hall–Kier alpha value is -0.760. The molecule has 0 radical (unpaired) electrons. The summed E-state index contributed by atoms with van der Waals surface area (Å²) < 4.78 is 52.2. The van der Waals surface area contributed by atoms with Crippen molar-refractivity contribution in [1.29, 1.82) is 0 Å². The van der Waals surface area contributed by atoms with Crippen molar-refractivity contribution in [2.24, 2.45) is 5.92 Å². The van der Waals surface area contributed by atoms with Crippen molar-refractivity contribution in [3.8, 4) is 12.3 Å². The summed E-state index contributed by atoms with van der Waals surface area (Å²) in [4.78, 5) is 0. The second-order valence-electron chi connectivity index (χ2n) is 3.63. The lowest BCUT2D eigenvalue weighted by Gasteiger charge is -2.27. The molecule has 0 aromatic carbocycles. The summed E-state index contributed by atoms with van der Waals surface area (Å²) in [5, 5.41) is 0. The van der Waals surface area contributed by atoms with Gasteiger partial charge in [0.1, 0.15) is 0 Å². The highest BCUT2D eigenvalue weighted by atomic mass is 19.4. The van der Waals surface area contributed by atoms with Gasteiger partial charge in [-0.2, -0.15) is 13.2 Å². The second kappa shape index (κ2) is 4.84. The smallest absolute Gasteiger partial charge is 0.338 e. The standard InChI is InChI=1S/C10H12F4O/c1-2-7-3-5-8(6-4-7)15-9(11)10(12,13)14/h1,7-9H,3-6H2. The van der Waals surface area contributed by atoms with Crippen LogP contribution in [-0.4, -0.2) is 18.6 Å². The Bertz CT molecular complexity index is 235. The van der Waals surface area contributed by atoms with Gasteiger partial charge in [0, 0.05) is 5.92 Å². The van der Waals surface area contributed by atoms with Gasteiger partial charge in [0.15, 0.2) is 0 Å². The molecule has 1 saturated carbocycles. The van der Waals surface area contributed by atoms with Crippen LogP contribution in [0.1, 0.15) is 25.7 Å². The maximum atomic E-state index is 12.5. The molecule has 0 amide bonds. The molecule has 0 saturated heterocycles. The minimum atomic E-state index is -4.93. The van der Waals surface area contributed by atoms with Gasteiger partial charge in [0.05, 0.1) is 6.10 Å². The third-order valence-electron chi connectivity index (χ3n) is 2.48. The lowest BCUT2D eigenvalue weighted by molar-refractivity contribution is -0.279. The van der Waals surface area contributed by atoms with Crippen molar-refractivity contribution >= 4 is 0 Å². The normalized spacial score (nSPS) is 29.5. The van der Waals surface area contributed by atoms with E-state index in [0.29, 0.717) is 25.7 Å². The van der Waals surface area contributed by atoms with Gasteiger partial charge in [-0.3, -0.25) is 0 Å². The molecule has 0 heterocycles. The molecule has 1 fully saturated rings. The number of rotatable bonds is 2. The van der Waals surface area contributed by atoms with Crippen LogP contribution in [0.3, 0.4) is 0 Å². The van der Waals surface area contributed by atoms with Crippen LogP contribution in [0.2, 0.25) is 0 Å². The summed E-state index contributed by atoms with van der Waals surface area (Å²) in [5.74, 6) is 2.63. The Morgan fingerprint density at radius 2 is 1.73 bits per heavy atom. The Labute approximate surface area is 85.8 Å². The van der Waals surface area contributed by atoms with E-state index in [1.54, 1.807) is 0 Å². The fraction of sp³-hybridized carbons (Fsp3) is 0.800. The van der Waals surface area contributed by atoms with Gasteiger partial charge in [-0.15, -0.1) is 12.3 Å². The summed E-state index contributed by atoms with van der Waals surface area (Å²) in [5.41, 5.74) is 0. The van der Waals surface area contributed by atoms with Gasteiger partial charge in [0.2, 0.25) is 0 Å². The highest BCUT2D eigenvalue weighted by Gasteiger charge is 2.43. The van der Waals surface area contributed by atoms with E-state index >= 15 is 0 Å². The lowest BCUT2D eigenvalue weighted by Crippen LogP contribution is -2.33. The van der Waals surface area contributed by atoms with Crippen LogP contribution in [0.15, 0.2) is 0 Å². The van der Waals surface area contributed by atoms with Crippen LogP contribution >= 0.6 is 0 Å². The maximum absolute atomic E-state index is 12.5. The molecular formula is C10H12F4O. The molecule has 5 heteroatoms. The molecule has 0 bridgehead atoms. The fourth-order valence-corrected chi connectivity index (χ4v) is 1.61. The zero-order valence-corrected chi connectivity index (χ0v) is 8.06. The maximum Gasteiger partial charge on any atom is 0.445 e.